The predicted molar refractivity (Wildman–Crippen MR) is 80.2 cm³/mol. The second-order valence-corrected chi connectivity index (χ2v) is 6.00. The molecule has 0 fully saturated rings. The van der Waals surface area contributed by atoms with Gasteiger partial charge in [0.25, 0.3) is 0 Å². The summed E-state index contributed by atoms with van der Waals surface area (Å²) < 4.78 is 6.85. The van der Waals surface area contributed by atoms with Gasteiger partial charge >= 0.3 is 10.8 Å². The van der Waals surface area contributed by atoms with Crippen molar-refractivity contribution in [2.75, 3.05) is 7.11 Å². The number of nitrogens with zero attached hydrogens (tertiary/aromatic N) is 1. The maximum absolute atomic E-state index is 12.1. The molecule has 21 heavy (non-hydrogen) atoms. The van der Waals surface area contributed by atoms with Gasteiger partial charge in [-0.15, -0.1) is 0 Å². The van der Waals surface area contributed by atoms with Crippen molar-refractivity contribution in [2.45, 2.75) is 25.8 Å². The number of rotatable bonds is 4. The number of carboxylic acid groups (broad SMARTS) is 1. The topological polar surface area (TPSA) is 68.5 Å². The van der Waals surface area contributed by atoms with Crippen LogP contribution in [0.4, 0.5) is 0 Å². The smallest absolute Gasteiger partial charge is 0.307 e. The van der Waals surface area contributed by atoms with Crippen LogP contribution in [0.5, 0.6) is 5.75 Å². The first kappa shape index (κ1) is 13.9. The third-order valence-electron chi connectivity index (χ3n) is 3.71. The molecule has 5 nitrogen and oxygen atoms in total. The summed E-state index contributed by atoms with van der Waals surface area (Å²) in [5, 5.41) is 8.85. The lowest BCUT2D eigenvalue weighted by atomic mass is 9.93. The maximum Gasteiger partial charge on any atom is 0.307 e. The average molecular weight is 305 g/mol. The molecule has 0 radical (unpaired) electrons. The maximum atomic E-state index is 12.1. The van der Waals surface area contributed by atoms with Gasteiger partial charge in [0.2, 0.25) is 0 Å². The van der Waals surface area contributed by atoms with Crippen LogP contribution in [0.3, 0.4) is 0 Å². The second kappa shape index (κ2) is 5.37. The van der Waals surface area contributed by atoms with Gasteiger partial charge in [0, 0.05) is 17.0 Å². The van der Waals surface area contributed by atoms with E-state index >= 15 is 0 Å². The van der Waals surface area contributed by atoms with Crippen molar-refractivity contribution in [1.82, 2.24) is 4.57 Å². The van der Waals surface area contributed by atoms with Gasteiger partial charge in [-0.2, -0.15) is 0 Å². The number of hydrogen-bond acceptors (Lipinski definition) is 4. The molecule has 0 saturated heterocycles. The van der Waals surface area contributed by atoms with Gasteiger partial charge in [-0.25, -0.2) is 0 Å². The quantitative estimate of drug-likeness (QED) is 0.940. The first-order valence-corrected chi connectivity index (χ1v) is 7.53. The molecule has 0 spiro atoms. The SMILES string of the molecule is COc1ccc2c(c1)-c1c(sc(=O)n1CCC(=O)O)CC2. The van der Waals surface area contributed by atoms with Crippen molar-refractivity contribution >= 4 is 17.3 Å². The molecule has 1 aliphatic rings. The van der Waals surface area contributed by atoms with Gasteiger partial charge in [0.1, 0.15) is 5.75 Å². The van der Waals surface area contributed by atoms with Gasteiger partial charge < -0.3 is 9.84 Å². The van der Waals surface area contributed by atoms with E-state index in [1.54, 1.807) is 11.7 Å². The van der Waals surface area contributed by atoms with Crippen LogP contribution in [-0.4, -0.2) is 22.8 Å². The molecular weight excluding hydrogens is 290 g/mol. The van der Waals surface area contributed by atoms with Crippen LogP contribution in [0.2, 0.25) is 0 Å². The van der Waals surface area contributed by atoms with E-state index in [9.17, 15) is 9.59 Å². The summed E-state index contributed by atoms with van der Waals surface area (Å²) in [4.78, 5) is 23.9. The fourth-order valence-electron chi connectivity index (χ4n) is 2.70. The Morgan fingerprint density at radius 3 is 2.95 bits per heavy atom. The zero-order valence-corrected chi connectivity index (χ0v) is 12.4. The van der Waals surface area contributed by atoms with E-state index in [1.807, 2.05) is 18.2 Å². The zero-order chi connectivity index (χ0) is 15.0. The molecule has 6 heteroatoms. The van der Waals surface area contributed by atoms with E-state index in [4.69, 9.17) is 9.84 Å². The highest BCUT2D eigenvalue weighted by atomic mass is 32.1. The van der Waals surface area contributed by atoms with Crippen molar-refractivity contribution in [3.05, 3.63) is 38.3 Å². The summed E-state index contributed by atoms with van der Waals surface area (Å²) in [7, 11) is 1.61. The molecule has 0 aliphatic heterocycles. The van der Waals surface area contributed by atoms with Gasteiger partial charge in [-0.3, -0.25) is 14.2 Å². The summed E-state index contributed by atoms with van der Waals surface area (Å²) in [5.41, 5.74) is 3.02. The number of carboxylic acids is 1. The Labute approximate surface area is 125 Å². The van der Waals surface area contributed by atoms with Gasteiger partial charge in [0.05, 0.1) is 19.2 Å². The van der Waals surface area contributed by atoms with E-state index in [1.165, 1.54) is 16.9 Å². The lowest BCUT2D eigenvalue weighted by Crippen LogP contribution is -2.17. The molecule has 0 atom stereocenters. The molecule has 0 bridgehead atoms. The molecule has 110 valence electrons. The summed E-state index contributed by atoms with van der Waals surface area (Å²) >= 11 is 1.22. The number of aromatic nitrogens is 1. The number of hydrogen-bond donors (Lipinski definition) is 1. The third kappa shape index (κ3) is 2.47. The van der Waals surface area contributed by atoms with E-state index in [-0.39, 0.29) is 17.8 Å². The van der Waals surface area contributed by atoms with Crippen LogP contribution in [0.1, 0.15) is 16.9 Å². The Kier molecular flexibility index (Phi) is 3.55. The molecule has 1 N–H and O–H groups in total. The van der Waals surface area contributed by atoms with Crippen molar-refractivity contribution in [1.29, 1.82) is 0 Å². The summed E-state index contributed by atoms with van der Waals surface area (Å²) in [6.07, 6.45) is 1.67. The lowest BCUT2D eigenvalue weighted by molar-refractivity contribution is -0.137. The molecule has 1 heterocycles. The average Bonchev–Trinajstić information content (AvgIpc) is 2.80. The zero-order valence-electron chi connectivity index (χ0n) is 11.6. The molecule has 1 aromatic heterocycles. The Hall–Kier alpha value is -2.08. The molecule has 0 unspecified atom stereocenters. The van der Waals surface area contributed by atoms with Crippen LogP contribution in [0.25, 0.3) is 11.3 Å². The van der Waals surface area contributed by atoms with Crippen molar-refractivity contribution < 1.29 is 14.6 Å². The molecule has 2 aromatic rings. The fraction of sp³-hybridized carbons (Fsp3) is 0.333. The van der Waals surface area contributed by atoms with E-state index < -0.39 is 5.97 Å². The minimum Gasteiger partial charge on any atom is -0.497 e. The number of ether oxygens (including phenoxy) is 1. The van der Waals surface area contributed by atoms with Crippen molar-refractivity contribution in [3.63, 3.8) is 0 Å². The summed E-state index contributed by atoms with van der Waals surface area (Å²) in [6, 6.07) is 5.85. The van der Waals surface area contributed by atoms with Crippen LogP contribution < -0.4 is 9.61 Å². The number of benzene rings is 1. The fourth-order valence-corrected chi connectivity index (χ4v) is 3.72. The largest absolute Gasteiger partial charge is 0.497 e. The minimum atomic E-state index is -0.900. The third-order valence-corrected chi connectivity index (χ3v) is 4.75. The highest BCUT2D eigenvalue weighted by Gasteiger charge is 2.23. The van der Waals surface area contributed by atoms with Crippen molar-refractivity contribution in [2.24, 2.45) is 0 Å². The molecule has 0 amide bonds. The van der Waals surface area contributed by atoms with Crippen LogP contribution in [0, 0.1) is 0 Å². The number of methoxy groups -OCH3 is 1. The minimum absolute atomic E-state index is 0.0532. The second-order valence-electron chi connectivity index (χ2n) is 4.96. The van der Waals surface area contributed by atoms with Gasteiger partial charge in [-0.05, 0) is 30.5 Å². The number of aliphatic carboxylic acids is 1. The molecule has 3 rings (SSSR count). The Morgan fingerprint density at radius 2 is 2.24 bits per heavy atom. The normalized spacial score (nSPS) is 12.6. The van der Waals surface area contributed by atoms with E-state index in [2.05, 4.69) is 0 Å². The molecule has 1 aromatic carbocycles. The number of carbonyl (C=O) groups is 1. The lowest BCUT2D eigenvalue weighted by Gasteiger charge is -2.19. The Bertz CT molecular complexity index is 760. The predicted octanol–water partition coefficient (Wildman–Crippen LogP) is 2.16. The van der Waals surface area contributed by atoms with E-state index in [0.29, 0.717) is 0 Å². The Balaban J connectivity index is 2.13. The molecular formula is C15H15NO4S. The highest BCUT2D eigenvalue weighted by Crippen LogP contribution is 2.37. The van der Waals surface area contributed by atoms with Crippen LogP contribution >= 0.6 is 11.3 Å². The monoisotopic (exact) mass is 305 g/mol. The molecule has 0 saturated carbocycles. The first-order chi connectivity index (χ1) is 10.1. The van der Waals surface area contributed by atoms with E-state index in [0.717, 1.165) is 34.7 Å². The van der Waals surface area contributed by atoms with Crippen LogP contribution in [0.15, 0.2) is 23.0 Å². The summed E-state index contributed by atoms with van der Waals surface area (Å²) in [5.74, 6) is -0.159. The van der Waals surface area contributed by atoms with Crippen molar-refractivity contribution in [3.8, 4) is 17.0 Å². The van der Waals surface area contributed by atoms with Crippen LogP contribution in [-0.2, 0) is 24.2 Å². The molecule has 1 aliphatic carbocycles. The van der Waals surface area contributed by atoms with Gasteiger partial charge in [0.15, 0.2) is 0 Å². The highest BCUT2D eigenvalue weighted by molar-refractivity contribution is 7.09. The first-order valence-electron chi connectivity index (χ1n) is 6.71. The Morgan fingerprint density at radius 1 is 1.43 bits per heavy atom. The van der Waals surface area contributed by atoms with Gasteiger partial charge in [-0.1, -0.05) is 17.4 Å². The summed E-state index contributed by atoms with van der Waals surface area (Å²) in [6.45, 7) is 0.205. The number of aryl methyl sites for hydroxylation is 2. The number of thiazole rings is 1. The standard InChI is InChI=1S/C15H15NO4S/c1-20-10-4-2-9-3-5-12-14(11(9)8-10)16(15(19)21-12)7-6-13(17)18/h2,4,8H,3,5-7H2,1H3,(H,17,18). The number of fused-ring (bicyclic) bond motifs is 3.